The van der Waals surface area contributed by atoms with Crippen molar-refractivity contribution in [2.24, 2.45) is 11.1 Å². The lowest BCUT2D eigenvalue weighted by Crippen LogP contribution is -2.43. The minimum absolute atomic E-state index is 0.0256. The zero-order valence-corrected chi connectivity index (χ0v) is 9.68. The highest BCUT2D eigenvalue weighted by Crippen LogP contribution is 2.19. The van der Waals surface area contributed by atoms with E-state index in [9.17, 15) is 4.79 Å². The smallest absolute Gasteiger partial charge is 0.314 e. The largest absolute Gasteiger partial charge is 0.338 e. The summed E-state index contributed by atoms with van der Waals surface area (Å²) in [5.74, 6) is 0. The summed E-state index contributed by atoms with van der Waals surface area (Å²) in [4.78, 5) is 11.0. The van der Waals surface area contributed by atoms with Crippen LogP contribution in [0.5, 0.6) is 0 Å². The predicted octanol–water partition coefficient (Wildman–Crippen LogP) is 1.07. The number of urea groups is 1. The Morgan fingerprint density at radius 2 is 1.93 bits per heavy atom. The molecule has 0 saturated carbocycles. The van der Waals surface area contributed by atoms with Crippen molar-refractivity contribution in [2.75, 3.05) is 13.1 Å². The molecule has 2 amide bonds. The van der Waals surface area contributed by atoms with Crippen LogP contribution >= 0.6 is 0 Å². The highest BCUT2D eigenvalue weighted by molar-refractivity contribution is 5.73. The topological polar surface area (TPSA) is 67.2 Å². The van der Waals surface area contributed by atoms with E-state index in [2.05, 4.69) is 31.4 Å². The fourth-order valence-corrected chi connectivity index (χ4v) is 1.31. The Morgan fingerprint density at radius 1 is 1.36 bits per heavy atom. The Balaban J connectivity index is 3.63. The van der Waals surface area contributed by atoms with Gasteiger partial charge in [-0.05, 0) is 18.8 Å². The molecule has 0 fully saturated rings. The second-order valence-corrected chi connectivity index (χ2v) is 4.77. The first-order valence-electron chi connectivity index (χ1n) is 5.12. The van der Waals surface area contributed by atoms with Gasteiger partial charge >= 0.3 is 6.03 Å². The average Bonchev–Trinajstić information content (AvgIpc) is 1.98. The van der Waals surface area contributed by atoms with E-state index in [0.29, 0.717) is 13.1 Å². The van der Waals surface area contributed by atoms with Crippen molar-refractivity contribution in [3.63, 3.8) is 0 Å². The molecular formula is C10H23N3O. The first-order valence-corrected chi connectivity index (χ1v) is 5.12. The van der Waals surface area contributed by atoms with Crippen LogP contribution in [0.25, 0.3) is 0 Å². The van der Waals surface area contributed by atoms with E-state index in [4.69, 9.17) is 5.73 Å². The van der Waals surface area contributed by atoms with Crippen molar-refractivity contribution in [2.45, 2.75) is 40.2 Å². The zero-order valence-electron chi connectivity index (χ0n) is 9.68. The molecule has 0 aromatic carbocycles. The van der Waals surface area contributed by atoms with Crippen LogP contribution in [-0.4, -0.2) is 25.2 Å². The molecule has 1 atom stereocenters. The number of nitrogens with one attached hydrogen (secondary N) is 2. The number of carbonyl (C=O) groups excluding carboxylic acids is 1. The fraction of sp³-hybridized carbons (Fsp3) is 0.900. The maximum absolute atomic E-state index is 11.0. The lowest BCUT2D eigenvalue weighted by molar-refractivity contribution is 0.239. The van der Waals surface area contributed by atoms with Crippen molar-refractivity contribution in [1.82, 2.24) is 10.6 Å². The minimum Gasteiger partial charge on any atom is -0.338 e. The molecule has 0 heterocycles. The van der Waals surface area contributed by atoms with Gasteiger partial charge in [0.1, 0.15) is 0 Å². The Kier molecular flexibility index (Phi) is 5.53. The maximum atomic E-state index is 11.0. The van der Waals surface area contributed by atoms with Crippen LogP contribution in [0, 0.1) is 5.41 Å². The SMILES string of the molecule is CCNC(=O)NCC(N)CC(C)(C)C. The summed E-state index contributed by atoms with van der Waals surface area (Å²) >= 11 is 0. The van der Waals surface area contributed by atoms with Crippen molar-refractivity contribution in [3.8, 4) is 0 Å². The number of carbonyl (C=O) groups is 1. The second-order valence-electron chi connectivity index (χ2n) is 4.77. The van der Waals surface area contributed by atoms with Gasteiger partial charge < -0.3 is 16.4 Å². The molecular weight excluding hydrogens is 178 g/mol. The van der Waals surface area contributed by atoms with Crippen molar-refractivity contribution >= 4 is 6.03 Å². The standard InChI is InChI=1S/C10H23N3O/c1-5-12-9(14)13-7-8(11)6-10(2,3)4/h8H,5-7,11H2,1-4H3,(H2,12,13,14). The molecule has 14 heavy (non-hydrogen) atoms. The first-order chi connectivity index (χ1) is 6.35. The van der Waals surface area contributed by atoms with Crippen LogP contribution in [0.1, 0.15) is 34.1 Å². The van der Waals surface area contributed by atoms with Gasteiger partial charge in [0.2, 0.25) is 0 Å². The molecule has 0 rings (SSSR count). The summed E-state index contributed by atoms with van der Waals surface area (Å²) in [6.07, 6.45) is 0.902. The molecule has 0 bridgehead atoms. The zero-order chi connectivity index (χ0) is 11.2. The van der Waals surface area contributed by atoms with Gasteiger partial charge in [-0.25, -0.2) is 4.79 Å². The van der Waals surface area contributed by atoms with Crippen molar-refractivity contribution in [1.29, 1.82) is 0 Å². The Bertz CT molecular complexity index is 175. The molecule has 1 unspecified atom stereocenters. The van der Waals surface area contributed by atoms with Crippen molar-refractivity contribution in [3.05, 3.63) is 0 Å². The van der Waals surface area contributed by atoms with Gasteiger partial charge in [0.25, 0.3) is 0 Å². The summed E-state index contributed by atoms with van der Waals surface area (Å²) in [5.41, 5.74) is 6.07. The van der Waals surface area contributed by atoms with Crippen LogP contribution in [-0.2, 0) is 0 Å². The molecule has 0 aliphatic carbocycles. The van der Waals surface area contributed by atoms with Gasteiger partial charge in [0.05, 0.1) is 0 Å². The summed E-state index contributed by atoms with van der Waals surface area (Å²) in [6, 6.07) is -0.116. The molecule has 0 aromatic heterocycles. The lowest BCUT2D eigenvalue weighted by Gasteiger charge is -2.23. The monoisotopic (exact) mass is 201 g/mol. The highest BCUT2D eigenvalue weighted by Gasteiger charge is 2.15. The van der Waals surface area contributed by atoms with E-state index in [1.54, 1.807) is 0 Å². The van der Waals surface area contributed by atoms with Crippen LogP contribution in [0.3, 0.4) is 0 Å². The van der Waals surface area contributed by atoms with Crippen LogP contribution in [0.15, 0.2) is 0 Å². The minimum atomic E-state index is -0.142. The van der Waals surface area contributed by atoms with Gasteiger partial charge in [-0.3, -0.25) is 0 Å². The molecule has 4 heteroatoms. The van der Waals surface area contributed by atoms with Gasteiger partial charge in [-0.15, -0.1) is 0 Å². The maximum Gasteiger partial charge on any atom is 0.314 e. The third-order valence-corrected chi connectivity index (χ3v) is 1.74. The molecule has 0 radical (unpaired) electrons. The number of nitrogens with two attached hydrogens (primary N) is 1. The highest BCUT2D eigenvalue weighted by atomic mass is 16.2. The van der Waals surface area contributed by atoms with Gasteiger partial charge in [-0.2, -0.15) is 0 Å². The van der Waals surface area contributed by atoms with Crippen LogP contribution in [0.4, 0.5) is 4.79 Å². The molecule has 0 aliphatic heterocycles. The number of rotatable bonds is 4. The van der Waals surface area contributed by atoms with Gasteiger partial charge in [0.15, 0.2) is 0 Å². The third kappa shape index (κ3) is 7.86. The fourth-order valence-electron chi connectivity index (χ4n) is 1.31. The van der Waals surface area contributed by atoms with Crippen LogP contribution in [0.2, 0.25) is 0 Å². The quantitative estimate of drug-likeness (QED) is 0.637. The molecule has 0 spiro atoms. The second kappa shape index (κ2) is 5.86. The van der Waals surface area contributed by atoms with E-state index in [1.165, 1.54) is 0 Å². The van der Waals surface area contributed by atoms with Crippen LogP contribution < -0.4 is 16.4 Å². The summed E-state index contributed by atoms with van der Waals surface area (Å²) in [6.45, 7) is 9.47. The number of hydrogen-bond donors (Lipinski definition) is 3. The van der Waals surface area contributed by atoms with Crippen molar-refractivity contribution < 1.29 is 4.79 Å². The molecule has 0 aromatic rings. The van der Waals surface area contributed by atoms with E-state index in [-0.39, 0.29) is 17.5 Å². The number of amides is 2. The third-order valence-electron chi connectivity index (χ3n) is 1.74. The first kappa shape index (κ1) is 13.2. The van der Waals surface area contributed by atoms with Gasteiger partial charge in [-0.1, -0.05) is 20.8 Å². The van der Waals surface area contributed by atoms with E-state index in [1.807, 2.05) is 6.92 Å². The molecule has 0 aliphatic rings. The normalized spacial score (nSPS) is 13.5. The number of hydrogen-bond acceptors (Lipinski definition) is 2. The average molecular weight is 201 g/mol. The molecule has 4 N–H and O–H groups in total. The van der Waals surface area contributed by atoms with E-state index >= 15 is 0 Å². The summed E-state index contributed by atoms with van der Waals surface area (Å²) in [7, 11) is 0. The van der Waals surface area contributed by atoms with E-state index in [0.717, 1.165) is 6.42 Å². The van der Waals surface area contributed by atoms with Gasteiger partial charge in [0, 0.05) is 19.1 Å². The predicted molar refractivity (Wildman–Crippen MR) is 59.1 cm³/mol. The molecule has 84 valence electrons. The molecule has 4 nitrogen and oxygen atoms in total. The lowest BCUT2D eigenvalue weighted by atomic mass is 9.88. The van der Waals surface area contributed by atoms with E-state index < -0.39 is 0 Å². The Hall–Kier alpha value is -0.770. The Morgan fingerprint density at radius 3 is 2.36 bits per heavy atom. The molecule has 0 saturated heterocycles. The Labute approximate surface area is 86.6 Å². The summed E-state index contributed by atoms with van der Waals surface area (Å²) in [5, 5.41) is 5.39. The summed E-state index contributed by atoms with van der Waals surface area (Å²) < 4.78 is 0.